The molecule has 0 saturated heterocycles. The van der Waals surface area contributed by atoms with Crippen LogP contribution in [0.3, 0.4) is 0 Å². The average molecular weight is 246 g/mol. The summed E-state index contributed by atoms with van der Waals surface area (Å²) >= 11 is 0. The fourth-order valence-corrected chi connectivity index (χ4v) is 3.11. The fourth-order valence-electron chi connectivity index (χ4n) is 3.11. The van der Waals surface area contributed by atoms with Gasteiger partial charge in [-0.25, -0.2) is 0 Å². The molecule has 2 heteroatoms. The molecule has 0 saturated carbocycles. The third-order valence-electron chi connectivity index (χ3n) is 4.53. The van der Waals surface area contributed by atoms with E-state index in [1.54, 1.807) is 0 Å². The van der Waals surface area contributed by atoms with Crippen molar-refractivity contribution in [3.05, 3.63) is 34.9 Å². The summed E-state index contributed by atoms with van der Waals surface area (Å²) in [6, 6.07) is 6.62. The second-order valence-corrected chi connectivity index (χ2v) is 5.68. The monoisotopic (exact) mass is 246 g/mol. The van der Waals surface area contributed by atoms with Crippen molar-refractivity contribution in [2.75, 3.05) is 7.11 Å². The second-order valence-electron chi connectivity index (χ2n) is 5.68. The molecule has 2 nitrogen and oxygen atoms in total. The van der Waals surface area contributed by atoms with Crippen LogP contribution in [0.5, 0.6) is 0 Å². The van der Waals surface area contributed by atoms with E-state index in [0.29, 0.717) is 0 Å². The number of methoxy groups -OCH3 is 1. The highest BCUT2D eigenvalue weighted by Gasteiger charge is 2.40. The van der Waals surface area contributed by atoms with E-state index in [1.807, 2.05) is 6.92 Å². The lowest BCUT2D eigenvalue weighted by Gasteiger charge is -2.39. The Morgan fingerprint density at radius 1 is 1.44 bits per heavy atom. The van der Waals surface area contributed by atoms with E-state index in [2.05, 4.69) is 32.0 Å². The number of hydrogen-bond donors (Lipinski definition) is 0. The summed E-state index contributed by atoms with van der Waals surface area (Å²) in [6.45, 7) is 6.30. The van der Waals surface area contributed by atoms with Gasteiger partial charge >= 0.3 is 5.97 Å². The Bertz CT molecular complexity index is 464. The van der Waals surface area contributed by atoms with Crippen LogP contribution in [0, 0.1) is 12.8 Å². The minimum absolute atomic E-state index is 0.0906. The first-order valence-electron chi connectivity index (χ1n) is 6.67. The van der Waals surface area contributed by atoms with Crippen LogP contribution in [-0.4, -0.2) is 13.1 Å². The van der Waals surface area contributed by atoms with Crippen molar-refractivity contribution in [3.8, 4) is 0 Å². The van der Waals surface area contributed by atoms with Crippen LogP contribution in [0.2, 0.25) is 0 Å². The smallest absolute Gasteiger partial charge is 0.309 e. The predicted molar refractivity (Wildman–Crippen MR) is 72.6 cm³/mol. The molecular formula is C16H22O2. The molecule has 0 aliphatic heterocycles. The van der Waals surface area contributed by atoms with Gasteiger partial charge in [-0.15, -0.1) is 0 Å². The average Bonchev–Trinajstić information content (AvgIpc) is 2.38. The second kappa shape index (κ2) is 4.75. The van der Waals surface area contributed by atoms with Gasteiger partial charge in [0.2, 0.25) is 0 Å². The highest BCUT2D eigenvalue weighted by Crippen LogP contribution is 2.43. The predicted octanol–water partition coefficient (Wildman–Crippen LogP) is 3.40. The van der Waals surface area contributed by atoms with Crippen LogP contribution in [0.1, 0.15) is 43.4 Å². The number of rotatable bonds is 2. The molecule has 0 bridgehead atoms. The molecule has 1 aliphatic rings. The number of carbonyl (C=O) groups is 1. The summed E-state index contributed by atoms with van der Waals surface area (Å²) in [7, 11) is 1.47. The van der Waals surface area contributed by atoms with Crippen molar-refractivity contribution in [2.24, 2.45) is 5.92 Å². The number of aryl methyl sites for hydroxylation is 2. The third kappa shape index (κ3) is 2.05. The van der Waals surface area contributed by atoms with E-state index < -0.39 is 0 Å². The molecule has 2 rings (SSSR count). The number of benzene rings is 1. The molecule has 0 spiro atoms. The number of carbonyl (C=O) groups excluding carboxylic acids is 1. The molecule has 1 aromatic carbocycles. The number of ether oxygens (including phenoxy) is 1. The molecule has 98 valence electrons. The van der Waals surface area contributed by atoms with E-state index in [-0.39, 0.29) is 17.3 Å². The summed E-state index contributed by atoms with van der Waals surface area (Å²) in [6.07, 6.45) is 3.33. The van der Waals surface area contributed by atoms with Gasteiger partial charge in [0.1, 0.15) is 0 Å². The van der Waals surface area contributed by atoms with Crippen LogP contribution in [0.4, 0.5) is 0 Å². The highest BCUT2D eigenvalue weighted by molar-refractivity contribution is 5.74. The largest absolute Gasteiger partial charge is 0.469 e. The zero-order valence-electron chi connectivity index (χ0n) is 11.7. The van der Waals surface area contributed by atoms with Crippen LogP contribution < -0.4 is 0 Å². The van der Waals surface area contributed by atoms with Gasteiger partial charge in [0.15, 0.2) is 0 Å². The Kier molecular flexibility index (Phi) is 3.47. The molecule has 18 heavy (non-hydrogen) atoms. The summed E-state index contributed by atoms with van der Waals surface area (Å²) in [5.74, 6) is -0.199. The van der Waals surface area contributed by atoms with Crippen molar-refractivity contribution in [3.63, 3.8) is 0 Å². The lowest BCUT2D eigenvalue weighted by molar-refractivity contribution is -0.147. The Labute approximate surface area is 109 Å². The van der Waals surface area contributed by atoms with Gasteiger partial charge in [0.05, 0.1) is 13.0 Å². The molecule has 0 radical (unpaired) electrons. The summed E-state index contributed by atoms with van der Waals surface area (Å²) in [5.41, 5.74) is 3.91. The van der Waals surface area contributed by atoms with Crippen molar-refractivity contribution in [1.29, 1.82) is 0 Å². The maximum atomic E-state index is 11.9. The van der Waals surface area contributed by atoms with Gasteiger partial charge in [0.25, 0.3) is 0 Å². The van der Waals surface area contributed by atoms with Crippen molar-refractivity contribution < 1.29 is 9.53 Å². The molecule has 0 fully saturated rings. The SMILES string of the molecule is COC(=O)C(C)C1(C)CCCc2ccc(C)cc21. The zero-order chi connectivity index (χ0) is 13.3. The first kappa shape index (κ1) is 13.1. The Hall–Kier alpha value is -1.31. The summed E-state index contributed by atoms with van der Waals surface area (Å²) in [5, 5.41) is 0. The fraction of sp³-hybridized carbons (Fsp3) is 0.562. The Balaban J connectivity index is 2.47. The maximum Gasteiger partial charge on any atom is 0.309 e. The van der Waals surface area contributed by atoms with E-state index >= 15 is 0 Å². The van der Waals surface area contributed by atoms with E-state index in [1.165, 1.54) is 23.8 Å². The van der Waals surface area contributed by atoms with Crippen molar-refractivity contribution in [2.45, 2.75) is 45.4 Å². The van der Waals surface area contributed by atoms with Crippen LogP contribution in [-0.2, 0) is 21.4 Å². The molecule has 0 heterocycles. The molecule has 1 aromatic rings. The summed E-state index contributed by atoms with van der Waals surface area (Å²) in [4.78, 5) is 11.9. The van der Waals surface area contributed by atoms with Gasteiger partial charge in [-0.2, -0.15) is 0 Å². The topological polar surface area (TPSA) is 26.3 Å². The van der Waals surface area contributed by atoms with Gasteiger partial charge in [-0.1, -0.05) is 37.6 Å². The highest BCUT2D eigenvalue weighted by atomic mass is 16.5. The van der Waals surface area contributed by atoms with Crippen LogP contribution in [0.25, 0.3) is 0 Å². The number of hydrogen-bond acceptors (Lipinski definition) is 2. The molecular weight excluding hydrogens is 224 g/mol. The van der Waals surface area contributed by atoms with Gasteiger partial charge in [0, 0.05) is 5.41 Å². The lowest BCUT2D eigenvalue weighted by atomic mass is 9.64. The molecule has 0 amide bonds. The molecule has 2 unspecified atom stereocenters. The minimum Gasteiger partial charge on any atom is -0.469 e. The molecule has 2 atom stereocenters. The molecule has 0 N–H and O–H groups in total. The Morgan fingerprint density at radius 2 is 2.17 bits per heavy atom. The maximum absolute atomic E-state index is 11.9. The third-order valence-corrected chi connectivity index (χ3v) is 4.53. The lowest BCUT2D eigenvalue weighted by Crippen LogP contribution is -2.39. The van der Waals surface area contributed by atoms with Crippen molar-refractivity contribution >= 4 is 5.97 Å². The van der Waals surface area contributed by atoms with Crippen LogP contribution >= 0.6 is 0 Å². The summed E-state index contributed by atoms with van der Waals surface area (Å²) < 4.78 is 4.94. The van der Waals surface area contributed by atoms with Gasteiger partial charge in [-0.05, 0) is 37.3 Å². The number of fused-ring (bicyclic) bond motifs is 1. The first-order valence-corrected chi connectivity index (χ1v) is 6.67. The van der Waals surface area contributed by atoms with E-state index in [9.17, 15) is 4.79 Å². The number of esters is 1. The minimum atomic E-state index is -0.105. The van der Waals surface area contributed by atoms with E-state index in [4.69, 9.17) is 4.74 Å². The quantitative estimate of drug-likeness (QED) is 0.748. The van der Waals surface area contributed by atoms with Gasteiger partial charge < -0.3 is 4.74 Å². The molecule has 1 aliphatic carbocycles. The molecule has 0 aromatic heterocycles. The normalized spacial score (nSPS) is 24.2. The van der Waals surface area contributed by atoms with Crippen LogP contribution in [0.15, 0.2) is 18.2 Å². The van der Waals surface area contributed by atoms with Gasteiger partial charge in [-0.3, -0.25) is 4.79 Å². The standard InChI is InChI=1S/C16H22O2/c1-11-7-8-13-6-5-9-16(3,14(13)10-11)12(2)15(17)18-4/h7-8,10,12H,5-6,9H2,1-4H3. The van der Waals surface area contributed by atoms with Crippen molar-refractivity contribution in [1.82, 2.24) is 0 Å². The van der Waals surface area contributed by atoms with E-state index in [0.717, 1.165) is 19.3 Å². The first-order chi connectivity index (χ1) is 8.49. The Morgan fingerprint density at radius 3 is 2.83 bits per heavy atom. The zero-order valence-corrected chi connectivity index (χ0v) is 11.7.